The van der Waals surface area contributed by atoms with Crippen molar-refractivity contribution >= 4 is 21.8 Å². The van der Waals surface area contributed by atoms with Gasteiger partial charge in [0.1, 0.15) is 5.69 Å². The van der Waals surface area contributed by atoms with Gasteiger partial charge in [-0.2, -0.15) is 0 Å². The highest BCUT2D eigenvalue weighted by Crippen LogP contribution is 2.19. The van der Waals surface area contributed by atoms with E-state index in [4.69, 9.17) is 4.52 Å². The van der Waals surface area contributed by atoms with Crippen molar-refractivity contribution in [2.75, 3.05) is 0 Å². The lowest BCUT2D eigenvalue weighted by Crippen LogP contribution is -2.22. The van der Waals surface area contributed by atoms with Crippen molar-refractivity contribution in [3.05, 3.63) is 76.4 Å². The molecule has 2 aromatic carbocycles. The van der Waals surface area contributed by atoms with Crippen molar-refractivity contribution in [3.8, 4) is 11.3 Å². The van der Waals surface area contributed by atoms with E-state index in [0.29, 0.717) is 23.6 Å². The second kappa shape index (κ2) is 6.58. The van der Waals surface area contributed by atoms with Crippen molar-refractivity contribution in [1.82, 2.24) is 10.5 Å². The molecular formula is C17H13BrN2O2. The lowest BCUT2D eigenvalue weighted by molar-refractivity contribution is 0.0950. The van der Waals surface area contributed by atoms with E-state index >= 15 is 0 Å². The topological polar surface area (TPSA) is 55.1 Å². The van der Waals surface area contributed by atoms with E-state index in [1.165, 1.54) is 0 Å². The van der Waals surface area contributed by atoms with Crippen molar-refractivity contribution in [2.45, 2.75) is 6.54 Å². The van der Waals surface area contributed by atoms with Gasteiger partial charge in [-0.05, 0) is 18.2 Å². The number of nitrogens with one attached hydrogen (secondary N) is 1. The minimum atomic E-state index is -0.148. The highest BCUT2D eigenvalue weighted by atomic mass is 79.9. The zero-order valence-electron chi connectivity index (χ0n) is 11.6. The molecule has 0 atom stereocenters. The number of amides is 1. The van der Waals surface area contributed by atoms with Crippen LogP contribution in [0.15, 0.2) is 69.7 Å². The first kappa shape index (κ1) is 14.5. The van der Waals surface area contributed by atoms with Gasteiger partial charge in [0.15, 0.2) is 5.76 Å². The molecule has 0 aliphatic carbocycles. The molecule has 0 aliphatic rings. The highest BCUT2D eigenvalue weighted by Gasteiger charge is 2.09. The van der Waals surface area contributed by atoms with Gasteiger partial charge in [-0.3, -0.25) is 4.79 Å². The second-order valence-corrected chi connectivity index (χ2v) is 5.66. The minimum Gasteiger partial charge on any atom is -0.356 e. The summed E-state index contributed by atoms with van der Waals surface area (Å²) in [6, 6.07) is 18.8. The largest absolute Gasteiger partial charge is 0.356 e. The summed E-state index contributed by atoms with van der Waals surface area (Å²) in [4.78, 5) is 12.1. The van der Waals surface area contributed by atoms with Gasteiger partial charge in [0, 0.05) is 21.7 Å². The second-order valence-electron chi connectivity index (χ2n) is 4.74. The summed E-state index contributed by atoms with van der Waals surface area (Å²) in [5.74, 6) is 0.540. The number of carbonyl (C=O) groups excluding carboxylic acids is 1. The van der Waals surface area contributed by atoms with E-state index in [2.05, 4.69) is 26.4 Å². The maximum absolute atomic E-state index is 12.1. The average molecular weight is 357 g/mol. The Bertz CT molecular complexity index is 784. The number of nitrogens with zero attached hydrogens (tertiary/aromatic N) is 1. The lowest BCUT2D eigenvalue weighted by atomic mass is 10.1. The van der Waals surface area contributed by atoms with Crippen molar-refractivity contribution in [2.24, 2.45) is 0 Å². The molecule has 0 fully saturated rings. The van der Waals surface area contributed by atoms with Gasteiger partial charge >= 0.3 is 0 Å². The molecule has 3 rings (SSSR count). The van der Waals surface area contributed by atoms with Crippen molar-refractivity contribution < 1.29 is 9.32 Å². The maximum atomic E-state index is 12.1. The average Bonchev–Trinajstić information content (AvgIpc) is 3.02. The Morgan fingerprint density at radius 2 is 1.91 bits per heavy atom. The van der Waals surface area contributed by atoms with Crippen LogP contribution in [0, 0.1) is 0 Å². The predicted molar refractivity (Wildman–Crippen MR) is 87.3 cm³/mol. The normalized spacial score (nSPS) is 10.4. The van der Waals surface area contributed by atoms with Crippen LogP contribution in [0.5, 0.6) is 0 Å². The van der Waals surface area contributed by atoms with Crippen LogP contribution in [0.25, 0.3) is 11.3 Å². The van der Waals surface area contributed by atoms with Gasteiger partial charge in [-0.1, -0.05) is 57.5 Å². The molecule has 4 nitrogen and oxygen atoms in total. The van der Waals surface area contributed by atoms with Crippen LogP contribution >= 0.6 is 15.9 Å². The summed E-state index contributed by atoms with van der Waals surface area (Å²) in [5, 5.41) is 6.80. The van der Waals surface area contributed by atoms with Crippen LogP contribution < -0.4 is 5.32 Å². The number of benzene rings is 2. The Hall–Kier alpha value is -2.40. The molecule has 0 saturated carbocycles. The zero-order valence-corrected chi connectivity index (χ0v) is 13.2. The fourth-order valence-electron chi connectivity index (χ4n) is 2.04. The summed E-state index contributed by atoms with van der Waals surface area (Å²) < 4.78 is 6.17. The first-order valence-electron chi connectivity index (χ1n) is 6.77. The first-order chi connectivity index (χ1) is 10.7. The summed E-state index contributed by atoms with van der Waals surface area (Å²) >= 11 is 3.35. The highest BCUT2D eigenvalue weighted by molar-refractivity contribution is 9.10. The quantitative estimate of drug-likeness (QED) is 0.767. The Morgan fingerprint density at radius 1 is 1.09 bits per heavy atom. The van der Waals surface area contributed by atoms with E-state index in [1.54, 1.807) is 12.1 Å². The number of carbonyl (C=O) groups is 1. The van der Waals surface area contributed by atoms with Crippen molar-refractivity contribution in [3.63, 3.8) is 0 Å². The van der Waals surface area contributed by atoms with Gasteiger partial charge in [-0.15, -0.1) is 0 Å². The summed E-state index contributed by atoms with van der Waals surface area (Å²) in [6.45, 7) is 0.321. The Labute approximate surface area is 136 Å². The Balaban J connectivity index is 1.65. The molecule has 110 valence electrons. The number of rotatable bonds is 4. The predicted octanol–water partition coefficient (Wildman–Crippen LogP) is 4.03. The van der Waals surface area contributed by atoms with E-state index in [9.17, 15) is 4.79 Å². The van der Waals surface area contributed by atoms with Crippen LogP contribution in [-0.2, 0) is 6.54 Å². The molecule has 0 unspecified atom stereocenters. The molecule has 1 heterocycles. The van der Waals surface area contributed by atoms with Gasteiger partial charge in [-0.25, -0.2) is 0 Å². The van der Waals surface area contributed by atoms with Crippen LogP contribution in [-0.4, -0.2) is 11.1 Å². The van der Waals surface area contributed by atoms with E-state index in [0.717, 1.165) is 10.0 Å². The first-order valence-corrected chi connectivity index (χ1v) is 7.56. The monoisotopic (exact) mass is 356 g/mol. The molecule has 5 heteroatoms. The molecule has 1 amide bonds. The SMILES string of the molecule is O=C(NCc1cc(-c2ccccc2)on1)c1cccc(Br)c1. The van der Waals surface area contributed by atoms with Crippen LogP contribution in [0.2, 0.25) is 0 Å². The summed E-state index contributed by atoms with van der Waals surface area (Å²) in [6.07, 6.45) is 0. The van der Waals surface area contributed by atoms with Gasteiger partial charge in [0.2, 0.25) is 0 Å². The smallest absolute Gasteiger partial charge is 0.251 e. The molecule has 0 saturated heterocycles. The molecule has 0 radical (unpaired) electrons. The molecule has 0 spiro atoms. The summed E-state index contributed by atoms with van der Waals surface area (Å²) in [5.41, 5.74) is 2.24. The van der Waals surface area contributed by atoms with E-state index in [-0.39, 0.29) is 5.91 Å². The van der Waals surface area contributed by atoms with Gasteiger partial charge in [0.25, 0.3) is 5.91 Å². The van der Waals surface area contributed by atoms with E-state index < -0.39 is 0 Å². The molecule has 22 heavy (non-hydrogen) atoms. The molecule has 1 N–H and O–H groups in total. The minimum absolute atomic E-state index is 0.148. The number of hydrogen-bond acceptors (Lipinski definition) is 3. The van der Waals surface area contributed by atoms with Crippen molar-refractivity contribution in [1.29, 1.82) is 0 Å². The van der Waals surface area contributed by atoms with Crippen LogP contribution in [0.3, 0.4) is 0 Å². The molecule has 1 aromatic heterocycles. The van der Waals surface area contributed by atoms with Crippen LogP contribution in [0.4, 0.5) is 0 Å². The molecule has 0 bridgehead atoms. The van der Waals surface area contributed by atoms with Crippen LogP contribution in [0.1, 0.15) is 16.1 Å². The standard InChI is InChI=1S/C17H13BrN2O2/c18-14-8-4-7-13(9-14)17(21)19-11-15-10-16(22-20-15)12-5-2-1-3-6-12/h1-10H,11H2,(H,19,21). The zero-order chi connectivity index (χ0) is 15.4. The van der Waals surface area contributed by atoms with Gasteiger partial charge < -0.3 is 9.84 Å². The lowest BCUT2D eigenvalue weighted by Gasteiger charge is -2.03. The Kier molecular flexibility index (Phi) is 4.34. The third kappa shape index (κ3) is 3.43. The maximum Gasteiger partial charge on any atom is 0.251 e. The number of halogens is 1. The van der Waals surface area contributed by atoms with Gasteiger partial charge in [0.05, 0.1) is 6.54 Å². The fraction of sp³-hybridized carbons (Fsp3) is 0.0588. The van der Waals surface area contributed by atoms with E-state index in [1.807, 2.05) is 48.5 Å². The number of aromatic nitrogens is 1. The third-order valence-corrected chi connectivity index (χ3v) is 3.63. The number of hydrogen-bond donors (Lipinski definition) is 1. The Morgan fingerprint density at radius 3 is 2.68 bits per heavy atom. The fourth-order valence-corrected chi connectivity index (χ4v) is 2.44. The summed E-state index contributed by atoms with van der Waals surface area (Å²) in [7, 11) is 0. The molecular weight excluding hydrogens is 344 g/mol. The third-order valence-electron chi connectivity index (χ3n) is 3.13. The molecule has 3 aromatic rings. The molecule has 0 aliphatic heterocycles.